The van der Waals surface area contributed by atoms with Crippen molar-refractivity contribution in [2.24, 2.45) is 5.92 Å². The Balaban J connectivity index is 1.87. The number of nitrogens with two attached hydrogens (primary N) is 1. The van der Waals surface area contributed by atoms with Crippen LogP contribution < -0.4 is 10.6 Å². The van der Waals surface area contributed by atoms with Gasteiger partial charge in [-0.1, -0.05) is 13.8 Å². The molecule has 3 rings (SSSR count). The third-order valence-corrected chi connectivity index (χ3v) is 3.54. The minimum Gasteiger partial charge on any atom is -0.384 e. The van der Waals surface area contributed by atoms with E-state index in [1.807, 2.05) is 6.07 Å². The lowest BCUT2D eigenvalue weighted by atomic mass is 10.2. The monoisotopic (exact) mass is 246 g/mol. The molecule has 0 amide bonds. The van der Waals surface area contributed by atoms with E-state index in [1.54, 1.807) is 0 Å². The maximum absolute atomic E-state index is 5.94. The van der Waals surface area contributed by atoms with Gasteiger partial charge >= 0.3 is 0 Å². The van der Waals surface area contributed by atoms with Gasteiger partial charge in [0.15, 0.2) is 0 Å². The van der Waals surface area contributed by atoms with E-state index >= 15 is 0 Å². The maximum Gasteiger partial charge on any atom is 0.136 e. The van der Waals surface area contributed by atoms with Crippen LogP contribution in [0.5, 0.6) is 0 Å². The average Bonchev–Trinajstić information content (AvgIpc) is 3.16. The van der Waals surface area contributed by atoms with E-state index in [0.717, 1.165) is 18.2 Å². The highest BCUT2D eigenvalue weighted by Gasteiger charge is 2.32. The number of anilines is 2. The number of hydrogen-bond donors (Lipinski definition) is 1. The third kappa shape index (κ3) is 2.57. The Kier molecular flexibility index (Phi) is 2.88. The standard InChI is InChI=1S/C14H22N4/c1-9(2)8-18(11-5-6-11)13-7-12(15)16-14(17-13)10-3-4-10/h7,9-11H,3-6,8H2,1-2H3,(H2,15,16,17). The number of rotatable bonds is 5. The molecule has 1 aromatic heterocycles. The van der Waals surface area contributed by atoms with E-state index in [4.69, 9.17) is 10.7 Å². The lowest BCUT2D eigenvalue weighted by Crippen LogP contribution is -2.31. The van der Waals surface area contributed by atoms with Gasteiger partial charge in [0.05, 0.1) is 0 Å². The quantitative estimate of drug-likeness (QED) is 0.867. The number of nitrogen functional groups attached to an aromatic ring is 1. The average molecular weight is 246 g/mol. The first-order chi connectivity index (χ1) is 8.63. The van der Waals surface area contributed by atoms with E-state index in [0.29, 0.717) is 23.7 Å². The summed E-state index contributed by atoms with van der Waals surface area (Å²) in [5, 5.41) is 0. The number of hydrogen-bond acceptors (Lipinski definition) is 4. The smallest absolute Gasteiger partial charge is 0.136 e. The Morgan fingerprint density at radius 1 is 1.28 bits per heavy atom. The lowest BCUT2D eigenvalue weighted by molar-refractivity contribution is 0.601. The SMILES string of the molecule is CC(C)CN(c1cc(N)nc(C2CC2)n1)C1CC1. The molecule has 0 unspecified atom stereocenters. The van der Waals surface area contributed by atoms with Crippen molar-refractivity contribution < 1.29 is 0 Å². The molecular formula is C14H22N4. The fourth-order valence-corrected chi connectivity index (χ4v) is 2.35. The molecule has 1 aromatic rings. The molecule has 2 aliphatic rings. The molecule has 4 heteroatoms. The highest BCUT2D eigenvalue weighted by atomic mass is 15.2. The van der Waals surface area contributed by atoms with Crippen molar-refractivity contribution in [2.75, 3.05) is 17.2 Å². The Labute approximate surface area is 109 Å². The van der Waals surface area contributed by atoms with Crippen LogP contribution in [0.2, 0.25) is 0 Å². The van der Waals surface area contributed by atoms with Crippen LogP contribution in [-0.4, -0.2) is 22.6 Å². The molecule has 0 aliphatic heterocycles. The summed E-state index contributed by atoms with van der Waals surface area (Å²) >= 11 is 0. The molecule has 0 aromatic carbocycles. The van der Waals surface area contributed by atoms with Crippen molar-refractivity contribution >= 4 is 11.6 Å². The van der Waals surface area contributed by atoms with Crippen LogP contribution in [0.25, 0.3) is 0 Å². The Morgan fingerprint density at radius 3 is 2.56 bits per heavy atom. The molecule has 98 valence electrons. The van der Waals surface area contributed by atoms with Gasteiger partial charge in [0.1, 0.15) is 17.5 Å². The Morgan fingerprint density at radius 2 is 2.00 bits per heavy atom. The molecule has 0 saturated heterocycles. The van der Waals surface area contributed by atoms with Crippen LogP contribution in [0.3, 0.4) is 0 Å². The predicted molar refractivity (Wildman–Crippen MR) is 73.6 cm³/mol. The van der Waals surface area contributed by atoms with Crippen LogP contribution >= 0.6 is 0 Å². The summed E-state index contributed by atoms with van der Waals surface area (Å²) in [4.78, 5) is 11.5. The lowest BCUT2D eigenvalue weighted by Gasteiger charge is -2.26. The first kappa shape index (κ1) is 11.8. The fraction of sp³-hybridized carbons (Fsp3) is 0.714. The van der Waals surface area contributed by atoms with Crippen LogP contribution in [0.1, 0.15) is 51.3 Å². The topological polar surface area (TPSA) is 55.0 Å². The molecule has 2 fully saturated rings. The summed E-state index contributed by atoms with van der Waals surface area (Å²) in [6.07, 6.45) is 5.01. The number of aromatic nitrogens is 2. The van der Waals surface area contributed by atoms with Gasteiger partial charge in [-0.05, 0) is 31.6 Å². The number of nitrogens with zero attached hydrogens (tertiary/aromatic N) is 3. The van der Waals surface area contributed by atoms with Crippen molar-refractivity contribution in [2.45, 2.75) is 51.5 Å². The Hall–Kier alpha value is -1.32. The van der Waals surface area contributed by atoms with Crippen molar-refractivity contribution in [3.05, 3.63) is 11.9 Å². The van der Waals surface area contributed by atoms with Crippen molar-refractivity contribution in [1.29, 1.82) is 0 Å². The zero-order valence-electron chi connectivity index (χ0n) is 11.3. The molecule has 2 aliphatic carbocycles. The van der Waals surface area contributed by atoms with Gasteiger partial charge in [0, 0.05) is 24.6 Å². The first-order valence-corrected chi connectivity index (χ1v) is 7.04. The zero-order valence-corrected chi connectivity index (χ0v) is 11.3. The summed E-state index contributed by atoms with van der Waals surface area (Å²) in [5.74, 6) is 3.83. The minimum atomic E-state index is 0.562. The van der Waals surface area contributed by atoms with Crippen LogP contribution in [-0.2, 0) is 0 Å². The van der Waals surface area contributed by atoms with Gasteiger partial charge < -0.3 is 10.6 Å². The van der Waals surface area contributed by atoms with Crippen LogP contribution in [0.15, 0.2) is 6.07 Å². The molecule has 4 nitrogen and oxygen atoms in total. The van der Waals surface area contributed by atoms with Gasteiger partial charge in [0.2, 0.25) is 0 Å². The summed E-state index contributed by atoms with van der Waals surface area (Å²) in [5.41, 5.74) is 5.94. The van der Waals surface area contributed by atoms with Crippen molar-refractivity contribution in [3.8, 4) is 0 Å². The zero-order chi connectivity index (χ0) is 12.7. The second kappa shape index (κ2) is 4.41. The molecule has 0 spiro atoms. The molecule has 2 saturated carbocycles. The Bertz CT molecular complexity index is 435. The van der Waals surface area contributed by atoms with Crippen LogP contribution in [0.4, 0.5) is 11.6 Å². The van der Waals surface area contributed by atoms with Gasteiger partial charge in [-0.2, -0.15) is 0 Å². The largest absolute Gasteiger partial charge is 0.384 e. The van der Waals surface area contributed by atoms with Gasteiger partial charge in [0.25, 0.3) is 0 Å². The van der Waals surface area contributed by atoms with Gasteiger partial charge in [-0.25, -0.2) is 9.97 Å². The van der Waals surface area contributed by atoms with E-state index in [-0.39, 0.29) is 0 Å². The molecule has 0 atom stereocenters. The summed E-state index contributed by atoms with van der Waals surface area (Å²) in [6.45, 7) is 5.56. The summed E-state index contributed by atoms with van der Waals surface area (Å²) in [6, 6.07) is 2.61. The second-order valence-corrected chi connectivity index (χ2v) is 6.06. The highest BCUT2D eigenvalue weighted by Crippen LogP contribution is 2.40. The van der Waals surface area contributed by atoms with E-state index in [1.165, 1.54) is 25.7 Å². The van der Waals surface area contributed by atoms with Gasteiger partial charge in [-0.3, -0.25) is 0 Å². The van der Waals surface area contributed by atoms with Crippen molar-refractivity contribution in [1.82, 2.24) is 9.97 Å². The highest BCUT2D eigenvalue weighted by molar-refractivity contribution is 5.49. The molecular weight excluding hydrogens is 224 g/mol. The summed E-state index contributed by atoms with van der Waals surface area (Å²) < 4.78 is 0. The van der Waals surface area contributed by atoms with Gasteiger partial charge in [-0.15, -0.1) is 0 Å². The predicted octanol–water partition coefficient (Wildman–Crippen LogP) is 2.56. The maximum atomic E-state index is 5.94. The summed E-state index contributed by atoms with van der Waals surface area (Å²) in [7, 11) is 0. The molecule has 18 heavy (non-hydrogen) atoms. The van der Waals surface area contributed by atoms with Crippen molar-refractivity contribution in [3.63, 3.8) is 0 Å². The van der Waals surface area contributed by atoms with E-state index in [9.17, 15) is 0 Å². The third-order valence-electron chi connectivity index (χ3n) is 3.54. The molecule has 2 N–H and O–H groups in total. The van der Waals surface area contributed by atoms with E-state index in [2.05, 4.69) is 23.7 Å². The second-order valence-electron chi connectivity index (χ2n) is 6.06. The first-order valence-electron chi connectivity index (χ1n) is 7.04. The molecule has 0 bridgehead atoms. The fourth-order valence-electron chi connectivity index (χ4n) is 2.35. The van der Waals surface area contributed by atoms with Crippen LogP contribution in [0, 0.1) is 5.92 Å². The normalized spacial score (nSPS) is 19.3. The molecule has 1 heterocycles. The van der Waals surface area contributed by atoms with E-state index < -0.39 is 0 Å². The molecule has 0 radical (unpaired) electrons. The minimum absolute atomic E-state index is 0.562.